The van der Waals surface area contributed by atoms with E-state index in [1.165, 1.54) is 0 Å². The lowest BCUT2D eigenvalue weighted by Gasteiger charge is -2.47. The van der Waals surface area contributed by atoms with Crippen molar-refractivity contribution in [3.63, 3.8) is 0 Å². The minimum Gasteiger partial charge on any atom is -0.387 e. The summed E-state index contributed by atoms with van der Waals surface area (Å²) in [5, 5.41) is 20.7. The van der Waals surface area contributed by atoms with Crippen LogP contribution in [0.2, 0.25) is 0 Å². The Morgan fingerprint density at radius 1 is 0.812 bits per heavy atom. The molecular weight excluding hydrogens is 200 g/mol. The monoisotopic (exact) mass is 222 g/mol. The van der Waals surface area contributed by atoms with Crippen molar-refractivity contribution in [2.24, 2.45) is 0 Å². The smallest absolute Gasteiger partial charge is 0.0990 e. The van der Waals surface area contributed by atoms with Gasteiger partial charge in [-0.2, -0.15) is 0 Å². The second-order valence-electron chi connectivity index (χ2n) is 5.62. The van der Waals surface area contributed by atoms with Gasteiger partial charge in [-0.05, 0) is 26.3 Å². The third-order valence-corrected chi connectivity index (χ3v) is 3.90. The van der Waals surface area contributed by atoms with E-state index >= 15 is 0 Å². The molecule has 1 aromatic carbocycles. The number of hydrogen-bond acceptors (Lipinski definition) is 2. The summed E-state index contributed by atoms with van der Waals surface area (Å²) >= 11 is 0. The van der Waals surface area contributed by atoms with Crippen LogP contribution in [0.5, 0.6) is 0 Å². The Labute approximate surface area is 97.9 Å². The summed E-state index contributed by atoms with van der Waals surface area (Å²) in [5.74, 6) is 0. The van der Waals surface area contributed by atoms with E-state index in [0.717, 1.165) is 5.56 Å². The molecule has 0 fully saturated rings. The summed E-state index contributed by atoms with van der Waals surface area (Å²) in [7, 11) is 0. The molecule has 1 atom stereocenters. The molecule has 0 aromatic heterocycles. The first-order valence-corrected chi connectivity index (χ1v) is 5.61. The molecule has 0 amide bonds. The van der Waals surface area contributed by atoms with Crippen LogP contribution in [0.1, 0.15) is 40.2 Å². The molecule has 0 aliphatic heterocycles. The average molecular weight is 222 g/mol. The van der Waals surface area contributed by atoms with Crippen molar-refractivity contribution in [1.82, 2.24) is 0 Å². The molecule has 0 saturated carbocycles. The minimum atomic E-state index is -1.21. The van der Waals surface area contributed by atoms with E-state index in [-0.39, 0.29) is 0 Å². The highest BCUT2D eigenvalue weighted by molar-refractivity contribution is 5.29. The largest absolute Gasteiger partial charge is 0.387 e. The number of rotatable bonds is 3. The quantitative estimate of drug-likeness (QED) is 0.825. The van der Waals surface area contributed by atoms with Gasteiger partial charge in [-0.25, -0.2) is 0 Å². The van der Waals surface area contributed by atoms with Gasteiger partial charge in [0.1, 0.15) is 0 Å². The Morgan fingerprint density at radius 3 is 1.62 bits per heavy atom. The second kappa shape index (κ2) is 3.86. The van der Waals surface area contributed by atoms with Crippen LogP contribution >= 0.6 is 0 Å². The number of hydrogen-bond donors (Lipinski definition) is 2. The Bertz CT molecular complexity index is 345. The van der Waals surface area contributed by atoms with Crippen LogP contribution < -0.4 is 0 Å². The van der Waals surface area contributed by atoms with E-state index in [4.69, 9.17) is 0 Å². The maximum atomic E-state index is 10.6. The molecule has 0 spiro atoms. The predicted octanol–water partition coefficient (Wildman–Crippen LogP) is 2.49. The lowest BCUT2D eigenvalue weighted by Crippen LogP contribution is -2.59. The fraction of sp³-hybridized carbons (Fsp3) is 0.571. The Kier molecular flexibility index (Phi) is 3.19. The van der Waals surface area contributed by atoms with Gasteiger partial charge in [0.05, 0.1) is 11.2 Å². The molecule has 0 radical (unpaired) electrons. The molecule has 2 heteroatoms. The zero-order valence-corrected chi connectivity index (χ0v) is 10.8. The first-order chi connectivity index (χ1) is 7.11. The van der Waals surface area contributed by atoms with Crippen LogP contribution in [0.25, 0.3) is 0 Å². The molecule has 0 saturated heterocycles. The fourth-order valence-electron chi connectivity index (χ4n) is 1.90. The lowest BCUT2D eigenvalue weighted by molar-refractivity contribution is -0.156. The molecule has 1 rings (SSSR count). The maximum absolute atomic E-state index is 10.6. The molecule has 0 heterocycles. The highest BCUT2D eigenvalue weighted by Gasteiger charge is 2.50. The Balaban J connectivity index is 3.22. The summed E-state index contributed by atoms with van der Waals surface area (Å²) in [6.07, 6.45) is 0. The zero-order chi connectivity index (χ0) is 12.6. The molecule has 1 aromatic rings. The van der Waals surface area contributed by atoms with Crippen molar-refractivity contribution in [1.29, 1.82) is 0 Å². The van der Waals surface area contributed by atoms with Crippen LogP contribution in [-0.4, -0.2) is 21.4 Å². The van der Waals surface area contributed by atoms with Crippen molar-refractivity contribution >= 4 is 0 Å². The van der Waals surface area contributed by atoms with Gasteiger partial charge in [0.25, 0.3) is 0 Å². The minimum absolute atomic E-state index is 0.521. The van der Waals surface area contributed by atoms with Crippen molar-refractivity contribution in [2.45, 2.75) is 51.2 Å². The Morgan fingerprint density at radius 2 is 1.25 bits per heavy atom. The highest BCUT2D eigenvalue weighted by Crippen LogP contribution is 2.41. The van der Waals surface area contributed by atoms with Crippen LogP contribution in [-0.2, 0) is 5.41 Å². The zero-order valence-electron chi connectivity index (χ0n) is 10.8. The summed E-state index contributed by atoms with van der Waals surface area (Å²) in [4.78, 5) is 0. The van der Waals surface area contributed by atoms with Gasteiger partial charge in [-0.3, -0.25) is 0 Å². The normalized spacial score (nSPS) is 16.9. The first-order valence-electron chi connectivity index (χ1n) is 5.61. The fourth-order valence-corrected chi connectivity index (χ4v) is 1.90. The third kappa shape index (κ3) is 2.00. The van der Waals surface area contributed by atoms with E-state index in [2.05, 4.69) is 0 Å². The maximum Gasteiger partial charge on any atom is 0.0990 e. The molecule has 0 aliphatic rings. The SMILES string of the molecule is CC(C)(O)C(C)(O)C(C)(C)c1ccccc1. The van der Waals surface area contributed by atoms with Gasteiger partial charge in [-0.15, -0.1) is 0 Å². The van der Waals surface area contributed by atoms with E-state index in [0.29, 0.717) is 0 Å². The standard InChI is InChI=1S/C14H22O2/c1-12(2,11-9-7-6-8-10-11)14(5,16)13(3,4)15/h6-10,15-16H,1-5H3. The number of aliphatic hydroxyl groups is 2. The summed E-state index contributed by atoms with van der Waals surface area (Å²) < 4.78 is 0. The van der Waals surface area contributed by atoms with Gasteiger partial charge in [0, 0.05) is 5.41 Å². The molecule has 2 N–H and O–H groups in total. The van der Waals surface area contributed by atoms with Gasteiger partial charge >= 0.3 is 0 Å². The number of benzene rings is 1. The molecule has 16 heavy (non-hydrogen) atoms. The van der Waals surface area contributed by atoms with E-state index in [1.54, 1.807) is 20.8 Å². The van der Waals surface area contributed by atoms with Crippen molar-refractivity contribution in [3.8, 4) is 0 Å². The molecule has 2 nitrogen and oxygen atoms in total. The van der Waals surface area contributed by atoms with E-state index in [9.17, 15) is 10.2 Å². The van der Waals surface area contributed by atoms with Gasteiger partial charge in [0.2, 0.25) is 0 Å². The van der Waals surface area contributed by atoms with Crippen LogP contribution in [0.15, 0.2) is 30.3 Å². The summed E-state index contributed by atoms with van der Waals surface area (Å²) in [6.45, 7) is 8.84. The van der Waals surface area contributed by atoms with Crippen molar-refractivity contribution in [3.05, 3.63) is 35.9 Å². The van der Waals surface area contributed by atoms with Gasteiger partial charge in [-0.1, -0.05) is 44.2 Å². The average Bonchev–Trinajstić information content (AvgIpc) is 2.17. The van der Waals surface area contributed by atoms with Crippen LogP contribution in [0.4, 0.5) is 0 Å². The predicted molar refractivity (Wildman–Crippen MR) is 66.4 cm³/mol. The Hall–Kier alpha value is -0.860. The first kappa shape index (κ1) is 13.2. The van der Waals surface area contributed by atoms with Crippen LogP contribution in [0.3, 0.4) is 0 Å². The van der Waals surface area contributed by atoms with E-state index in [1.807, 2.05) is 44.2 Å². The lowest BCUT2D eigenvalue weighted by atomic mass is 9.64. The van der Waals surface area contributed by atoms with Crippen molar-refractivity contribution < 1.29 is 10.2 Å². The highest BCUT2D eigenvalue weighted by atomic mass is 16.4. The molecular formula is C14H22O2. The molecule has 0 bridgehead atoms. The topological polar surface area (TPSA) is 40.5 Å². The van der Waals surface area contributed by atoms with Gasteiger partial charge < -0.3 is 10.2 Å². The van der Waals surface area contributed by atoms with Gasteiger partial charge in [0.15, 0.2) is 0 Å². The summed E-state index contributed by atoms with van der Waals surface area (Å²) in [5.41, 5.74) is -1.87. The third-order valence-electron chi connectivity index (χ3n) is 3.90. The molecule has 1 unspecified atom stereocenters. The second-order valence-corrected chi connectivity index (χ2v) is 5.62. The van der Waals surface area contributed by atoms with Crippen molar-refractivity contribution in [2.75, 3.05) is 0 Å². The van der Waals surface area contributed by atoms with E-state index < -0.39 is 16.6 Å². The molecule has 90 valence electrons. The summed E-state index contributed by atoms with van der Waals surface area (Å²) in [6, 6.07) is 9.77. The molecule has 0 aliphatic carbocycles. The van der Waals surface area contributed by atoms with Crippen LogP contribution in [0, 0.1) is 0 Å².